The van der Waals surface area contributed by atoms with Crippen LogP contribution in [0.5, 0.6) is 0 Å². The lowest BCUT2D eigenvalue weighted by atomic mass is 10.0. The summed E-state index contributed by atoms with van der Waals surface area (Å²) in [5.41, 5.74) is 0. The average Bonchev–Trinajstić information content (AvgIpc) is 2.82. The van der Waals surface area contributed by atoms with Gasteiger partial charge in [0.05, 0.1) is 27.2 Å². The minimum absolute atomic E-state index is 0. The molecule has 2 heteroatoms. The Labute approximate surface area is 235 Å². The van der Waals surface area contributed by atoms with E-state index in [-0.39, 0.29) is 17.0 Å². The molecule has 0 aromatic rings. The van der Waals surface area contributed by atoms with E-state index in [1.165, 1.54) is 191 Å². The van der Waals surface area contributed by atoms with Crippen LogP contribution in [0.2, 0.25) is 0 Å². The molecule has 0 aliphatic rings. The van der Waals surface area contributed by atoms with Gasteiger partial charge in [-0.2, -0.15) is 0 Å². The SMILES string of the molecule is CCCCCCCCCCCCCCCC[N+](C)(C)CCCCCCCCCCCCCCC.[Br-]. The predicted molar refractivity (Wildman–Crippen MR) is 158 cm³/mol. The van der Waals surface area contributed by atoms with Crippen molar-refractivity contribution in [2.75, 3.05) is 27.2 Å². The van der Waals surface area contributed by atoms with Crippen LogP contribution >= 0.6 is 0 Å². The third-order valence-electron chi connectivity index (χ3n) is 7.98. The minimum Gasteiger partial charge on any atom is -1.00 e. The van der Waals surface area contributed by atoms with Crippen LogP contribution in [0.1, 0.15) is 187 Å². The fourth-order valence-corrected chi connectivity index (χ4v) is 5.40. The third kappa shape index (κ3) is 32.4. The van der Waals surface area contributed by atoms with E-state index in [0.717, 1.165) is 0 Å². The van der Waals surface area contributed by atoms with Gasteiger partial charge in [0.1, 0.15) is 0 Å². The molecule has 0 amide bonds. The summed E-state index contributed by atoms with van der Waals surface area (Å²) in [4.78, 5) is 0. The van der Waals surface area contributed by atoms with Crippen LogP contribution < -0.4 is 17.0 Å². The number of unbranched alkanes of at least 4 members (excludes halogenated alkanes) is 25. The fourth-order valence-electron chi connectivity index (χ4n) is 5.40. The Balaban J connectivity index is 0. The van der Waals surface area contributed by atoms with Crippen LogP contribution in [0.4, 0.5) is 0 Å². The maximum absolute atomic E-state index is 2.46. The summed E-state index contributed by atoms with van der Waals surface area (Å²) in [6.45, 7) is 7.38. The lowest BCUT2D eigenvalue weighted by Gasteiger charge is -2.30. The van der Waals surface area contributed by atoms with Crippen molar-refractivity contribution < 1.29 is 21.5 Å². The van der Waals surface area contributed by atoms with E-state index < -0.39 is 0 Å². The zero-order chi connectivity index (χ0) is 25.0. The van der Waals surface area contributed by atoms with Crippen molar-refractivity contribution in [1.82, 2.24) is 0 Å². The summed E-state index contributed by atoms with van der Waals surface area (Å²) < 4.78 is 1.25. The standard InChI is InChI=1S/C33H70N.BrH/c1-5-7-9-11-13-15-17-19-21-23-25-27-29-31-33-34(3,4)32-30-28-26-24-22-20-18-16-14-12-10-8-6-2;/h5-33H2,1-4H3;1H/q+1;/p-1. The lowest BCUT2D eigenvalue weighted by molar-refractivity contribution is -0.890. The van der Waals surface area contributed by atoms with Crippen LogP contribution in [0.3, 0.4) is 0 Å². The van der Waals surface area contributed by atoms with Crippen molar-refractivity contribution in [2.24, 2.45) is 0 Å². The van der Waals surface area contributed by atoms with Gasteiger partial charge in [-0.15, -0.1) is 0 Å². The van der Waals surface area contributed by atoms with Crippen LogP contribution in [-0.4, -0.2) is 31.7 Å². The Morgan fingerprint density at radius 1 is 0.286 bits per heavy atom. The molecule has 0 radical (unpaired) electrons. The highest BCUT2D eigenvalue weighted by Gasteiger charge is 2.13. The molecule has 0 aromatic carbocycles. The third-order valence-corrected chi connectivity index (χ3v) is 7.98. The molecular formula is C33H70BrN. The number of nitrogens with zero attached hydrogens (tertiary/aromatic N) is 1. The molecule has 0 spiro atoms. The Kier molecular flexibility index (Phi) is 32.9. The van der Waals surface area contributed by atoms with Crippen molar-refractivity contribution >= 4 is 0 Å². The molecule has 35 heavy (non-hydrogen) atoms. The summed E-state index contributed by atoms with van der Waals surface area (Å²) in [6.07, 6.45) is 39.4. The number of rotatable bonds is 29. The Bertz CT molecular complexity index is 368. The first-order chi connectivity index (χ1) is 16.6. The van der Waals surface area contributed by atoms with Crippen LogP contribution in [-0.2, 0) is 0 Å². The topological polar surface area (TPSA) is 0 Å². The van der Waals surface area contributed by atoms with E-state index in [0.29, 0.717) is 0 Å². The van der Waals surface area contributed by atoms with Crippen molar-refractivity contribution in [3.8, 4) is 0 Å². The number of halogens is 1. The van der Waals surface area contributed by atoms with E-state index in [4.69, 9.17) is 0 Å². The summed E-state index contributed by atoms with van der Waals surface area (Å²) in [6, 6.07) is 0. The number of quaternary nitrogens is 1. The van der Waals surface area contributed by atoms with E-state index in [1.54, 1.807) is 0 Å². The molecule has 0 rings (SSSR count). The average molecular weight is 561 g/mol. The quantitative estimate of drug-likeness (QED) is 0.0634. The largest absolute Gasteiger partial charge is 1.00 e. The monoisotopic (exact) mass is 559 g/mol. The van der Waals surface area contributed by atoms with Gasteiger partial charge >= 0.3 is 0 Å². The second-order valence-corrected chi connectivity index (χ2v) is 12.2. The molecule has 0 N–H and O–H groups in total. The van der Waals surface area contributed by atoms with Gasteiger partial charge in [-0.3, -0.25) is 0 Å². The number of hydrogen-bond donors (Lipinski definition) is 0. The first kappa shape index (κ1) is 37.6. The van der Waals surface area contributed by atoms with E-state index in [9.17, 15) is 0 Å². The van der Waals surface area contributed by atoms with Crippen LogP contribution in [0.15, 0.2) is 0 Å². The van der Waals surface area contributed by atoms with Crippen molar-refractivity contribution in [2.45, 2.75) is 187 Å². The van der Waals surface area contributed by atoms with Crippen molar-refractivity contribution in [1.29, 1.82) is 0 Å². The maximum Gasteiger partial charge on any atom is 0.0782 e. The first-order valence-corrected chi connectivity index (χ1v) is 16.4. The minimum atomic E-state index is 0. The van der Waals surface area contributed by atoms with Crippen LogP contribution in [0, 0.1) is 0 Å². The van der Waals surface area contributed by atoms with E-state index in [1.807, 2.05) is 0 Å². The molecule has 0 unspecified atom stereocenters. The van der Waals surface area contributed by atoms with Crippen molar-refractivity contribution in [3.63, 3.8) is 0 Å². The van der Waals surface area contributed by atoms with E-state index in [2.05, 4.69) is 27.9 Å². The molecule has 0 bridgehead atoms. The molecule has 1 nitrogen and oxygen atoms in total. The number of hydrogen-bond acceptors (Lipinski definition) is 0. The molecule has 0 fully saturated rings. The molecule has 0 aromatic heterocycles. The second kappa shape index (κ2) is 30.7. The highest BCUT2D eigenvalue weighted by atomic mass is 79.9. The molecule has 0 aliphatic heterocycles. The van der Waals surface area contributed by atoms with Gasteiger partial charge in [0, 0.05) is 0 Å². The highest BCUT2D eigenvalue weighted by Crippen LogP contribution is 2.15. The Morgan fingerprint density at radius 3 is 0.657 bits per heavy atom. The summed E-state index contributed by atoms with van der Waals surface area (Å²) >= 11 is 0. The van der Waals surface area contributed by atoms with Crippen molar-refractivity contribution in [3.05, 3.63) is 0 Å². The maximum atomic E-state index is 2.46. The molecule has 0 saturated heterocycles. The van der Waals surface area contributed by atoms with Gasteiger partial charge in [0.25, 0.3) is 0 Å². The zero-order valence-electron chi connectivity index (χ0n) is 25.3. The summed E-state index contributed by atoms with van der Waals surface area (Å²) in [7, 11) is 4.92. The normalized spacial score (nSPS) is 11.7. The Morgan fingerprint density at radius 2 is 0.457 bits per heavy atom. The Hall–Kier alpha value is 0.440. The zero-order valence-corrected chi connectivity index (χ0v) is 26.9. The van der Waals surface area contributed by atoms with Gasteiger partial charge in [-0.25, -0.2) is 0 Å². The molecule has 214 valence electrons. The summed E-state index contributed by atoms with van der Waals surface area (Å²) in [5.74, 6) is 0. The lowest BCUT2D eigenvalue weighted by Crippen LogP contribution is -3.00. The molecule has 0 atom stereocenters. The second-order valence-electron chi connectivity index (χ2n) is 12.2. The van der Waals surface area contributed by atoms with Gasteiger partial charge in [0.2, 0.25) is 0 Å². The summed E-state index contributed by atoms with van der Waals surface area (Å²) in [5, 5.41) is 0. The molecule has 0 aliphatic carbocycles. The molecular weight excluding hydrogens is 490 g/mol. The van der Waals surface area contributed by atoms with Crippen LogP contribution in [0.25, 0.3) is 0 Å². The van der Waals surface area contributed by atoms with Gasteiger partial charge in [-0.05, 0) is 25.7 Å². The molecule has 0 saturated carbocycles. The predicted octanol–water partition coefficient (Wildman–Crippen LogP) is 8.64. The smallest absolute Gasteiger partial charge is 0.0782 e. The van der Waals surface area contributed by atoms with Gasteiger partial charge in [-0.1, -0.05) is 162 Å². The van der Waals surface area contributed by atoms with Gasteiger partial charge < -0.3 is 21.5 Å². The fraction of sp³-hybridized carbons (Fsp3) is 1.00. The van der Waals surface area contributed by atoms with Gasteiger partial charge in [0.15, 0.2) is 0 Å². The first-order valence-electron chi connectivity index (χ1n) is 16.4. The highest BCUT2D eigenvalue weighted by molar-refractivity contribution is 4.51. The molecule has 0 heterocycles. The van der Waals surface area contributed by atoms with E-state index >= 15 is 0 Å².